The fourth-order valence-electron chi connectivity index (χ4n) is 2.07. The zero-order valence-corrected chi connectivity index (χ0v) is 11.3. The molecule has 3 heteroatoms. The van der Waals surface area contributed by atoms with Gasteiger partial charge in [0.1, 0.15) is 0 Å². The Kier molecular flexibility index (Phi) is 11.3. The number of ether oxygens (including phenoxy) is 1. The molecule has 2 unspecified atom stereocenters. The van der Waals surface area contributed by atoms with E-state index in [1.54, 1.807) is 0 Å². The maximum Gasteiger partial charge on any atom is 0.0741 e. The van der Waals surface area contributed by atoms with Crippen LogP contribution in [0.1, 0.15) is 65.7 Å². The summed E-state index contributed by atoms with van der Waals surface area (Å²) in [5, 5.41) is 0. The van der Waals surface area contributed by atoms with Crippen molar-refractivity contribution in [3.63, 3.8) is 0 Å². The summed E-state index contributed by atoms with van der Waals surface area (Å²) in [5.41, 5.74) is 2.92. The molecule has 0 spiro atoms. The molecule has 0 heterocycles. The fraction of sp³-hybridized carbons (Fsp3) is 1.00. The van der Waals surface area contributed by atoms with Gasteiger partial charge in [-0.15, -0.1) is 0 Å². The molecule has 0 fully saturated rings. The van der Waals surface area contributed by atoms with Crippen LogP contribution in [0.3, 0.4) is 0 Å². The highest BCUT2D eigenvalue weighted by atomic mass is 16.5. The van der Waals surface area contributed by atoms with Gasteiger partial charge in [0.05, 0.1) is 6.10 Å². The van der Waals surface area contributed by atoms with Gasteiger partial charge in [0.25, 0.3) is 0 Å². The minimum Gasteiger partial charge on any atom is -0.377 e. The Morgan fingerprint density at radius 3 is 2.25 bits per heavy atom. The number of rotatable bonds is 11. The lowest BCUT2D eigenvalue weighted by Crippen LogP contribution is -2.45. The lowest BCUT2D eigenvalue weighted by atomic mass is 10.00. The second-order valence-corrected chi connectivity index (χ2v) is 4.40. The topological polar surface area (TPSA) is 47.3 Å². The van der Waals surface area contributed by atoms with Crippen LogP contribution in [0, 0.1) is 0 Å². The van der Waals surface area contributed by atoms with E-state index in [2.05, 4.69) is 19.3 Å². The van der Waals surface area contributed by atoms with Gasteiger partial charge in [-0.25, -0.2) is 0 Å². The summed E-state index contributed by atoms with van der Waals surface area (Å²) in [4.78, 5) is 0. The van der Waals surface area contributed by atoms with Crippen LogP contribution in [0.25, 0.3) is 0 Å². The van der Waals surface area contributed by atoms with Crippen LogP contribution in [-0.4, -0.2) is 18.8 Å². The van der Waals surface area contributed by atoms with Crippen molar-refractivity contribution in [1.29, 1.82) is 0 Å². The number of hydrogen-bond acceptors (Lipinski definition) is 3. The smallest absolute Gasteiger partial charge is 0.0741 e. The van der Waals surface area contributed by atoms with Crippen LogP contribution in [0.15, 0.2) is 0 Å². The molecule has 0 aromatic rings. The van der Waals surface area contributed by atoms with Gasteiger partial charge in [-0.05, 0) is 19.8 Å². The van der Waals surface area contributed by atoms with Gasteiger partial charge >= 0.3 is 0 Å². The van der Waals surface area contributed by atoms with Crippen molar-refractivity contribution in [3.8, 4) is 0 Å². The third kappa shape index (κ3) is 7.20. The molecule has 2 atom stereocenters. The predicted octanol–water partition coefficient (Wildman–Crippen LogP) is 2.99. The maximum absolute atomic E-state index is 5.75. The normalized spacial score (nSPS) is 15.0. The van der Waals surface area contributed by atoms with Crippen LogP contribution < -0.4 is 11.3 Å². The van der Waals surface area contributed by atoms with Crippen LogP contribution in [-0.2, 0) is 4.74 Å². The highest BCUT2D eigenvalue weighted by Gasteiger charge is 2.19. The van der Waals surface area contributed by atoms with E-state index in [0.717, 1.165) is 25.9 Å². The van der Waals surface area contributed by atoms with Gasteiger partial charge in [0, 0.05) is 12.6 Å². The first-order valence-corrected chi connectivity index (χ1v) is 6.87. The second-order valence-electron chi connectivity index (χ2n) is 4.40. The number of hydrogen-bond donors (Lipinski definition) is 2. The van der Waals surface area contributed by atoms with E-state index in [0.29, 0.717) is 6.04 Å². The molecule has 0 radical (unpaired) electrons. The Morgan fingerprint density at radius 2 is 1.75 bits per heavy atom. The van der Waals surface area contributed by atoms with E-state index < -0.39 is 0 Å². The Bertz CT molecular complexity index is 136. The molecule has 98 valence electrons. The van der Waals surface area contributed by atoms with Gasteiger partial charge in [-0.1, -0.05) is 46.0 Å². The minimum absolute atomic E-state index is 0.279. The maximum atomic E-state index is 5.75. The first kappa shape index (κ1) is 15.9. The summed E-state index contributed by atoms with van der Waals surface area (Å²) in [5.74, 6) is 5.62. The van der Waals surface area contributed by atoms with E-state index in [9.17, 15) is 0 Å². The van der Waals surface area contributed by atoms with E-state index >= 15 is 0 Å². The molecule has 0 amide bonds. The largest absolute Gasteiger partial charge is 0.377 e. The van der Waals surface area contributed by atoms with Crippen molar-refractivity contribution in [1.82, 2.24) is 5.43 Å². The molecular weight excluding hydrogens is 200 g/mol. The first-order valence-electron chi connectivity index (χ1n) is 6.87. The standard InChI is InChI=1S/C13H30N2O/c1-4-7-8-9-11-12(15-14)13(10-5-2)16-6-3/h12-13,15H,4-11,14H2,1-3H3. The molecule has 16 heavy (non-hydrogen) atoms. The van der Waals surface area contributed by atoms with Gasteiger partial charge in [-0.2, -0.15) is 0 Å². The summed E-state index contributed by atoms with van der Waals surface area (Å²) in [6.07, 6.45) is 8.81. The monoisotopic (exact) mass is 230 g/mol. The van der Waals surface area contributed by atoms with Crippen molar-refractivity contribution in [2.24, 2.45) is 5.84 Å². The molecule has 0 aromatic heterocycles. The summed E-state index contributed by atoms with van der Waals surface area (Å²) < 4.78 is 5.75. The van der Waals surface area contributed by atoms with Crippen molar-refractivity contribution in [3.05, 3.63) is 0 Å². The van der Waals surface area contributed by atoms with Crippen LogP contribution in [0.5, 0.6) is 0 Å². The van der Waals surface area contributed by atoms with Crippen molar-refractivity contribution in [2.75, 3.05) is 6.61 Å². The van der Waals surface area contributed by atoms with Gasteiger partial charge in [0.2, 0.25) is 0 Å². The average molecular weight is 230 g/mol. The van der Waals surface area contributed by atoms with Gasteiger partial charge < -0.3 is 4.74 Å². The van der Waals surface area contributed by atoms with Crippen LogP contribution in [0.2, 0.25) is 0 Å². The highest BCUT2D eigenvalue weighted by Crippen LogP contribution is 2.14. The lowest BCUT2D eigenvalue weighted by Gasteiger charge is -2.26. The van der Waals surface area contributed by atoms with Crippen molar-refractivity contribution in [2.45, 2.75) is 77.9 Å². The van der Waals surface area contributed by atoms with Crippen LogP contribution >= 0.6 is 0 Å². The summed E-state index contributed by atoms with van der Waals surface area (Å²) >= 11 is 0. The molecule has 0 aromatic carbocycles. The molecule has 0 rings (SSSR count). The van der Waals surface area contributed by atoms with E-state index in [1.165, 1.54) is 25.7 Å². The number of hydrazine groups is 1. The Morgan fingerprint density at radius 1 is 1.00 bits per heavy atom. The van der Waals surface area contributed by atoms with Crippen LogP contribution in [0.4, 0.5) is 0 Å². The fourth-order valence-corrected chi connectivity index (χ4v) is 2.07. The molecule has 0 aliphatic rings. The van der Waals surface area contributed by atoms with Crippen molar-refractivity contribution < 1.29 is 4.74 Å². The first-order chi connectivity index (χ1) is 7.79. The number of nitrogens with one attached hydrogen (secondary N) is 1. The Labute approximate surface area is 101 Å². The third-order valence-corrected chi connectivity index (χ3v) is 2.99. The third-order valence-electron chi connectivity index (χ3n) is 2.99. The molecule has 0 bridgehead atoms. The quantitative estimate of drug-likeness (QED) is 0.326. The van der Waals surface area contributed by atoms with Gasteiger partial charge in [0.15, 0.2) is 0 Å². The molecule has 0 saturated carbocycles. The predicted molar refractivity (Wildman–Crippen MR) is 70.2 cm³/mol. The zero-order valence-electron chi connectivity index (χ0n) is 11.3. The number of nitrogens with two attached hydrogens (primary N) is 1. The van der Waals surface area contributed by atoms with E-state index in [4.69, 9.17) is 10.6 Å². The molecular formula is C13H30N2O. The zero-order chi connectivity index (χ0) is 12.2. The molecule has 0 aliphatic carbocycles. The highest BCUT2D eigenvalue weighted by molar-refractivity contribution is 4.75. The van der Waals surface area contributed by atoms with E-state index in [-0.39, 0.29) is 6.10 Å². The molecule has 0 aliphatic heterocycles. The van der Waals surface area contributed by atoms with E-state index in [1.807, 2.05) is 6.92 Å². The van der Waals surface area contributed by atoms with Crippen molar-refractivity contribution >= 4 is 0 Å². The molecule has 3 N–H and O–H groups in total. The molecule has 3 nitrogen and oxygen atoms in total. The lowest BCUT2D eigenvalue weighted by molar-refractivity contribution is 0.0252. The molecule has 0 saturated heterocycles. The average Bonchev–Trinajstić information content (AvgIpc) is 2.29. The van der Waals surface area contributed by atoms with Gasteiger partial charge in [-0.3, -0.25) is 11.3 Å². The second kappa shape index (κ2) is 11.4. The Hall–Kier alpha value is -0.120. The minimum atomic E-state index is 0.279. The number of unbranched alkanes of at least 4 members (excludes halogenated alkanes) is 3. The summed E-state index contributed by atoms with van der Waals surface area (Å²) in [6.45, 7) is 7.25. The summed E-state index contributed by atoms with van der Waals surface area (Å²) in [6, 6.07) is 0.316. The Balaban J connectivity index is 3.89. The SMILES string of the molecule is CCCCCCC(NN)C(CCC)OCC. The summed E-state index contributed by atoms with van der Waals surface area (Å²) in [7, 11) is 0.